The second-order valence-corrected chi connectivity index (χ2v) is 20.6. The van der Waals surface area contributed by atoms with Crippen molar-refractivity contribution < 1.29 is 79.0 Å². The molecular formula is C42H62O16. The lowest BCUT2D eigenvalue weighted by molar-refractivity contribution is -0.371. The van der Waals surface area contributed by atoms with Gasteiger partial charge in [-0.05, 0) is 110 Å². The second kappa shape index (κ2) is 14.3. The summed E-state index contributed by atoms with van der Waals surface area (Å²) >= 11 is 0. The number of hydrogen-bond donors (Lipinski definition) is 8. The normalized spacial score (nSPS) is 52.6. The first kappa shape index (κ1) is 43.5. The van der Waals surface area contributed by atoms with Crippen molar-refractivity contribution in [1.82, 2.24) is 0 Å². The monoisotopic (exact) mass is 822 g/mol. The Balaban J connectivity index is 1.17. The smallest absolute Gasteiger partial charge is 0.335 e. The summed E-state index contributed by atoms with van der Waals surface area (Å²) in [5.74, 6) is -4.47. The molecule has 0 spiro atoms. The molecule has 326 valence electrons. The molecular weight excluding hydrogens is 760 g/mol. The molecule has 0 unspecified atom stereocenters. The van der Waals surface area contributed by atoms with Gasteiger partial charge in [0.05, 0.1) is 11.5 Å². The third kappa shape index (κ3) is 6.25. The fourth-order valence-electron chi connectivity index (χ4n) is 13.4. The number of ether oxygens (including phenoxy) is 4. The Bertz CT molecular complexity index is 1730. The molecule has 0 aromatic carbocycles. The van der Waals surface area contributed by atoms with Crippen molar-refractivity contribution in [2.24, 2.45) is 50.2 Å². The van der Waals surface area contributed by atoms with Crippen LogP contribution in [0.3, 0.4) is 0 Å². The van der Waals surface area contributed by atoms with Gasteiger partial charge in [-0.15, -0.1) is 0 Å². The highest BCUT2D eigenvalue weighted by molar-refractivity contribution is 5.95. The largest absolute Gasteiger partial charge is 0.481 e. The van der Waals surface area contributed by atoms with Crippen molar-refractivity contribution in [2.75, 3.05) is 0 Å². The van der Waals surface area contributed by atoms with Crippen LogP contribution in [0.5, 0.6) is 0 Å². The molecule has 19 atom stereocenters. The number of carbonyl (C=O) groups excluding carboxylic acids is 1. The molecule has 5 aliphatic carbocycles. The van der Waals surface area contributed by atoms with Crippen LogP contribution >= 0.6 is 0 Å². The lowest BCUT2D eigenvalue weighted by Gasteiger charge is -2.70. The standard InChI is InChI=1S/C42H62O16/c1-37(2)21-8-11-42(7)31(20(43)16-18-19-17-39(4,36(53)54)13-12-38(19,3)14-15-41(18,42)6)40(21,5)10-9-22(37)55-35-30(26(47)25(46)29(57-35)33(51)52)58-34-27(48)23(44)24(45)28(56-34)32(49)50/h16,19,21-31,34-35,44-48H,8-15,17H2,1-7H3,(H,49,50)(H,51,52)(H,53,54)/t19-,21-,22+,23-,24-,25+,26+,27-,28-,29+,30-,31-,34-,35-,38-,39+,40+,41-,42+/m0/s1. The molecule has 7 rings (SSSR count). The first-order valence-electron chi connectivity index (χ1n) is 20.7. The van der Waals surface area contributed by atoms with E-state index in [1.165, 1.54) is 0 Å². The molecule has 8 N–H and O–H groups in total. The van der Waals surface area contributed by atoms with E-state index < -0.39 is 107 Å². The number of hydrogen-bond acceptors (Lipinski definition) is 13. The number of aliphatic carboxylic acids is 3. The zero-order valence-electron chi connectivity index (χ0n) is 34.4. The van der Waals surface area contributed by atoms with E-state index in [0.29, 0.717) is 25.7 Å². The molecule has 0 aromatic heterocycles. The third-order valence-corrected chi connectivity index (χ3v) is 17.2. The predicted molar refractivity (Wildman–Crippen MR) is 199 cm³/mol. The summed E-state index contributed by atoms with van der Waals surface area (Å²) in [4.78, 5) is 51.3. The van der Waals surface area contributed by atoms with Crippen molar-refractivity contribution in [3.8, 4) is 0 Å². The highest BCUT2D eigenvalue weighted by atomic mass is 16.8. The lowest BCUT2D eigenvalue weighted by Crippen LogP contribution is -2.68. The molecule has 6 fully saturated rings. The highest BCUT2D eigenvalue weighted by Gasteiger charge is 2.71. The summed E-state index contributed by atoms with van der Waals surface area (Å²) in [6.45, 7) is 14.8. The Morgan fingerprint density at radius 1 is 0.690 bits per heavy atom. The third-order valence-electron chi connectivity index (χ3n) is 17.2. The summed E-state index contributed by atoms with van der Waals surface area (Å²) in [5.41, 5.74) is -1.81. The number of fused-ring (bicyclic) bond motifs is 7. The second-order valence-electron chi connectivity index (χ2n) is 20.6. The van der Waals surface area contributed by atoms with Crippen molar-refractivity contribution in [3.63, 3.8) is 0 Å². The van der Waals surface area contributed by atoms with Gasteiger partial charge in [0, 0.05) is 5.92 Å². The van der Waals surface area contributed by atoms with Crippen LogP contribution in [0.15, 0.2) is 11.6 Å². The number of carbonyl (C=O) groups is 4. The van der Waals surface area contributed by atoms with E-state index in [1.54, 1.807) is 0 Å². The molecule has 0 amide bonds. The van der Waals surface area contributed by atoms with Gasteiger partial charge < -0.3 is 59.8 Å². The first-order valence-corrected chi connectivity index (χ1v) is 20.7. The van der Waals surface area contributed by atoms with Crippen molar-refractivity contribution in [1.29, 1.82) is 0 Å². The molecule has 2 aliphatic heterocycles. The van der Waals surface area contributed by atoms with Gasteiger partial charge in [-0.2, -0.15) is 0 Å². The van der Waals surface area contributed by atoms with E-state index in [1.807, 2.05) is 26.8 Å². The van der Waals surface area contributed by atoms with E-state index in [0.717, 1.165) is 37.7 Å². The summed E-state index contributed by atoms with van der Waals surface area (Å²) in [6, 6.07) is 0. The van der Waals surface area contributed by atoms with Crippen LogP contribution in [0.4, 0.5) is 0 Å². The number of aliphatic hydroxyl groups is 5. The molecule has 0 radical (unpaired) electrons. The van der Waals surface area contributed by atoms with Crippen LogP contribution < -0.4 is 0 Å². The molecule has 16 nitrogen and oxygen atoms in total. The first-order chi connectivity index (χ1) is 26.8. The Morgan fingerprint density at radius 3 is 1.88 bits per heavy atom. The van der Waals surface area contributed by atoms with Crippen LogP contribution in [-0.4, -0.2) is 132 Å². The van der Waals surface area contributed by atoms with E-state index >= 15 is 0 Å². The zero-order chi connectivity index (χ0) is 42.9. The fraction of sp³-hybridized carbons (Fsp3) is 0.857. The lowest BCUT2D eigenvalue weighted by atomic mass is 9.33. The van der Waals surface area contributed by atoms with E-state index in [9.17, 15) is 60.0 Å². The molecule has 2 saturated heterocycles. The minimum Gasteiger partial charge on any atom is -0.481 e. The van der Waals surface area contributed by atoms with Crippen LogP contribution in [0, 0.1) is 50.2 Å². The van der Waals surface area contributed by atoms with Gasteiger partial charge in [0.2, 0.25) is 0 Å². The van der Waals surface area contributed by atoms with Crippen LogP contribution in [0.2, 0.25) is 0 Å². The highest BCUT2D eigenvalue weighted by Crippen LogP contribution is 2.75. The molecule has 4 saturated carbocycles. The van der Waals surface area contributed by atoms with Gasteiger partial charge in [-0.1, -0.05) is 47.1 Å². The minimum absolute atomic E-state index is 0.0217. The van der Waals surface area contributed by atoms with Gasteiger partial charge in [0.25, 0.3) is 0 Å². The molecule has 16 heteroatoms. The van der Waals surface area contributed by atoms with Crippen molar-refractivity contribution in [3.05, 3.63) is 11.6 Å². The summed E-state index contributed by atoms with van der Waals surface area (Å²) in [5, 5.41) is 83.0. The molecule has 2 heterocycles. The maximum absolute atomic E-state index is 14.8. The SMILES string of the molecule is CC1(C)[C@H](O[C@H]2O[C@@H](C(=O)O)[C@H](O)[C@@H](O)[C@@H]2O[C@@H]2O[C@H](C(=O)O)[C@@H](O)[C@H](O)[C@@H]2O)CC[C@]2(C)[C@H]1CC[C@]1(C)[C@H]2C(=O)C=C2[C@@H]3C[C@](C)(C(=O)O)CC[C@@]3(C)CC[C@@]21C. The topological polar surface area (TPSA) is 267 Å². The van der Waals surface area contributed by atoms with Gasteiger partial charge in [0.1, 0.15) is 36.6 Å². The summed E-state index contributed by atoms with van der Waals surface area (Å²) < 4.78 is 23.4. The maximum atomic E-state index is 14.8. The Hall–Kier alpha value is -2.54. The van der Waals surface area contributed by atoms with Crippen LogP contribution in [0.1, 0.15) is 106 Å². The Morgan fingerprint density at radius 2 is 1.28 bits per heavy atom. The molecule has 0 aromatic rings. The average molecular weight is 823 g/mol. The van der Waals surface area contributed by atoms with Gasteiger partial charge >= 0.3 is 17.9 Å². The van der Waals surface area contributed by atoms with Crippen LogP contribution in [-0.2, 0) is 38.1 Å². The summed E-state index contributed by atoms with van der Waals surface area (Å²) in [6.07, 6.45) is -12.2. The number of aliphatic hydroxyl groups excluding tert-OH is 5. The number of carboxylic acid groups (broad SMARTS) is 3. The number of allylic oxidation sites excluding steroid dienone is 2. The van der Waals surface area contributed by atoms with Gasteiger partial charge in [0.15, 0.2) is 30.6 Å². The number of carboxylic acids is 3. The van der Waals surface area contributed by atoms with E-state index in [4.69, 9.17) is 18.9 Å². The fourth-order valence-corrected chi connectivity index (χ4v) is 13.4. The number of rotatable bonds is 7. The predicted octanol–water partition coefficient (Wildman–Crippen LogP) is 2.25. The van der Waals surface area contributed by atoms with Crippen molar-refractivity contribution >= 4 is 23.7 Å². The molecule has 0 bridgehead atoms. The number of ketones is 1. The van der Waals surface area contributed by atoms with Gasteiger partial charge in [-0.25, -0.2) is 9.59 Å². The average Bonchev–Trinajstić information content (AvgIpc) is 3.13. The Labute approximate surface area is 337 Å². The quantitative estimate of drug-likeness (QED) is 0.171. The maximum Gasteiger partial charge on any atom is 0.335 e. The minimum atomic E-state index is -2.05. The van der Waals surface area contributed by atoms with E-state index in [2.05, 4.69) is 27.7 Å². The van der Waals surface area contributed by atoms with E-state index in [-0.39, 0.29) is 34.4 Å². The van der Waals surface area contributed by atoms with Crippen molar-refractivity contribution in [2.45, 2.75) is 174 Å². The van der Waals surface area contributed by atoms with Gasteiger partial charge in [-0.3, -0.25) is 9.59 Å². The Kier molecular flexibility index (Phi) is 10.7. The van der Waals surface area contributed by atoms with Crippen LogP contribution in [0.25, 0.3) is 0 Å². The summed E-state index contributed by atoms with van der Waals surface area (Å²) in [7, 11) is 0. The molecule has 7 aliphatic rings. The molecule has 58 heavy (non-hydrogen) atoms. The zero-order valence-corrected chi connectivity index (χ0v) is 34.4.